The van der Waals surface area contributed by atoms with Crippen LogP contribution >= 0.6 is 11.3 Å². The van der Waals surface area contributed by atoms with Gasteiger partial charge in [-0.25, -0.2) is 15.0 Å². The molecule has 0 fully saturated rings. The second-order valence-electron chi connectivity index (χ2n) is 5.34. The van der Waals surface area contributed by atoms with E-state index in [-0.39, 0.29) is 11.5 Å². The van der Waals surface area contributed by atoms with E-state index in [9.17, 15) is 4.79 Å². The zero-order valence-corrected chi connectivity index (χ0v) is 13.8. The molecule has 2 heterocycles. The maximum absolute atomic E-state index is 12.2. The van der Waals surface area contributed by atoms with Crippen molar-refractivity contribution in [3.8, 4) is 11.3 Å². The molecule has 122 valence electrons. The molecule has 25 heavy (non-hydrogen) atoms. The molecule has 0 aliphatic heterocycles. The monoisotopic (exact) mass is 347 g/mol. The topological polar surface area (TPSA) is 93.8 Å². The third kappa shape index (κ3) is 3.05. The number of amides is 1. The van der Waals surface area contributed by atoms with Crippen LogP contribution in [0.2, 0.25) is 0 Å². The van der Waals surface area contributed by atoms with Gasteiger partial charge in [0.05, 0.1) is 5.69 Å². The molecule has 2 aromatic carbocycles. The highest BCUT2D eigenvalue weighted by molar-refractivity contribution is 7.14. The predicted octanol–water partition coefficient (Wildman–Crippen LogP) is 3.59. The van der Waals surface area contributed by atoms with Crippen molar-refractivity contribution < 1.29 is 4.79 Å². The number of rotatable bonds is 3. The van der Waals surface area contributed by atoms with E-state index in [2.05, 4.69) is 44.5 Å². The molecule has 0 saturated carbocycles. The molecule has 4 aromatic rings. The van der Waals surface area contributed by atoms with Gasteiger partial charge in [0.25, 0.3) is 5.91 Å². The number of anilines is 2. The Kier molecular flexibility index (Phi) is 3.83. The normalized spacial score (nSPS) is 10.7. The fourth-order valence-electron chi connectivity index (χ4n) is 2.49. The molecule has 7 heteroatoms. The van der Waals surface area contributed by atoms with Crippen molar-refractivity contribution in [3.05, 3.63) is 65.9 Å². The molecular formula is C18H13N5OS. The Hall–Kier alpha value is -3.32. The number of nitrogens with two attached hydrogens (primary N) is 1. The fourth-order valence-corrected chi connectivity index (χ4v) is 3.21. The Morgan fingerprint density at radius 3 is 2.68 bits per heavy atom. The van der Waals surface area contributed by atoms with Crippen LogP contribution in [0.5, 0.6) is 0 Å². The summed E-state index contributed by atoms with van der Waals surface area (Å²) in [5.74, 6) is -0.337. The number of nitrogens with one attached hydrogen (secondary N) is 1. The van der Waals surface area contributed by atoms with Crippen molar-refractivity contribution in [2.24, 2.45) is 0 Å². The summed E-state index contributed by atoms with van der Waals surface area (Å²) in [7, 11) is 0. The smallest absolute Gasteiger partial charge is 0.279 e. The number of carbonyl (C=O) groups is 1. The van der Waals surface area contributed by atoms with Crippen molar-refractivity contribution >= 4 is 39.0 Å². The van der Waals surface area contributed by atoms with E-state index in [0.717, 1.165) is 16.6 Å². The average molecular weight is 347 g/mol. The van der Waals surface area contributed by atoms with Crippen LogP contribution in [0.1, 0.15) is 10.5 Å². The van der Waals surface area contributed by atoms with Gasteiger partial charge in [-0.15, -0.1) is 11.3 Å². The Morgan fingerprint density at radius 1 is 1.04 bits per heavy atom. The summed E-state index contributed by atoms with van der Waals surface area (Å²) in [5, 5.41) is 7.42. The van der Waals surface area contributed by atoms with E-state index >= 15 is 0 Å². The van der Waals surface area contributed by atoms with Crippen LogP contribution in [0.4, 0.5) is 10.9 Å². The summed E-state index contributed by atoms with van der Waals surface area (Å²) in [6, 6.07) is 14.3. The largest absolute Gasteiger partial charge is 0.382 e. The Balaban J connectivity index is 1.59. The van der Waals surface area contributed by atoms with Gasteiger partial charge in [0.15, 0.2) is 16.6 Å². The van der Waals surface area contributed by atoms with E-state index in [0.29, 0.717) is 5.13 Å². The lowest BCUT2D eigenvalue weighted by molar-refractivity contribution is 0.102. The molecule has 0 atom stereocenters. The number of carbonyl (C=O) groups excluding carboxylic acids is 1. The van der Waals surface area contributed by atoms with E-state index in [1.807, 2.05) is 23.6 Å². The predicted molar refractivity (Wildman–Crippen MR) is 99.5 cm³/mol. The number of fused-ring (bicyclic) bond motifs is 1. The Bertz CT molecular complexity index is 1080. The van der Waals surface area contributed by atoms with Gasteiger partial charge in [-0.2, -0.15) is 0 Å². The van der Waals surface area contributed by atoms with Gasteiger partial charge in [0.2, 0.25) is 0 Å². The minimum atomic E-state index is -0.426. The van der Waals surface area contributed by atoms with Gasteiger partial charge in [-0.05, 0) is 16.8 Å². The van der Waals surface area contributed by atoms with Gasteiger partial charge in [0, 0.05) is 23.3 Å². The SMILES string of the molecule is Nc1nccnc1C(=O)Nc1nc(-c2ccc3ccccc3c2)cs1. The second-order valence-corrected chi connectivity index (χ2v) is 6.20. The highest BCUT2D eigenvalue weighted by Crippen LogP contribution is 2.28. The number of aromatic nitrogens is 3. The number of hydrogen-bond donors (Lipinski definition) is 2. The lowest BCUT2D eigenvalue weighted by Crippen LogP contribution is -2.16. The summed E-state index contributed by atoms with van der Waals surface area (Å²) >= 11 is 1.35. The van der Waals surface area contributed by atoms with Crippen molar-refractivity contribution in [1.29, 1.82) is 0 Å². The molecule has 0 saturated heterocycles. The summed E-state index contributed by atoms with van der Waals surface area (Å²) in [6.07, 6.45) is 2.86. The molecule has 0 spiro atoms. The second kappa shape index (κ2) is 6.29. The lowest BCUT2D eigenvalue weighted by atomic mass is 10.1. The van der Waals surface area contributed by atoms with Gasteiger partial charge >= 0.3 is 0 Å². The minimum Gasteiger partial charge on any atom is -0.382 e. The first-order valence-corrected chi connectivity index (χ1v) is 8.41. The number of thiazole rings is 1. The van der Waals surface area contributed by atoms with E-state index in [1.165, 1.54) is 29.1 Å². The molecule has 2 aromatic heterocycles. The zero-order chi connectivity index (χ0) is 17.2. The van der Waals surface area contributed by atoms with Gasteiger partial charge in [-0.3, -0.25) is 10.1 Å². The van der Waals surface area contributed by atoms with E-state index in [1.54, 1.807) is 0 Å². The molecule has 1 amide bonds. The van der Waals surface area contributed by atoms with Crippen LogP contribution < -0.4 is 11.1 Å². The molecule has 6 nitrogen and oxygen atoms in total. The summed E-state index contributed by atoms with van der Waals surface area (Å²) < 4.78 is 0. The van der Waals surface area contributed by atoms with Gasteiger partial charge in [0.1, 0.15) is 0 Å². The lowest BCUT2D eigenvalue weighted by Gasteiger charge is -2.03. The van der Waals surface area contributed by atoms with Crippen molar-refractivity contribution in [1.82, 2.24) is 15.0 Å². The third-order valence-electron chi connectivity index (χ3n) is 3.71. The maximum atomic E-state index is 12.2. The van der Waals surface area contributed by atoms with Gasteiger partial charge < -0.3 is 5.73 Å². The first-order valence-electron chi connectivity index (χ1n) is 7.53. The van der Waals surface area contributed by atoms with E-state index < -0.39 is 5.91 Å². The molecule has 0 aliphatic rings. The standard InChI is InChI=1S/C18H13N5OS/c19-16-15(20-7-8-21-16)17(24)23-18-22-14(10-25-18)13-6-5-11-3-1-2-4-12(11)9-13/h1-10H,(H2,19,21)(H,22,23,24). The highest BCUT2D eigenvalue weighted by atomic mass is 32.1. The minimum absolute atomic E-state index is 0.0879. The first-order chi connectivity index (χ1) is 12.2. The van der Waals surface area contributed by atoms with Crippen molar-refractivity contribution in [3.63, 3.8) is 0 Å². The van der Waals surface area contributed by atoms with Crippen LogP contribution in [-0.4, -0.2) is 20.9 Å². The number of nitrogens with zero attached hydrogens (tertiary/aromatic N) is 3. The van der Waals surface area contributed by atoms with Crippen molar-refractivity contribution in [2.75, 3.05) is 11.1 Å². The Morgan fingerprint density at radius 2 is 1.84 bits per heavy atom. The van der Waals surface area contributed by atoms with Crippen LogP contribution in [0.15, 0.2) is 60.2 Å². The van der Waals surface area contributed by atoms with Crippen LogP contribution in [0.25, 0.3) is 22.0 Å². The van der Waals surface area contributed by atoms with Crippen LogP contribution in [-0.2, 0) is 0 Å². The average Bonchev–Trinajstić information content (AvgIpc) is 3.10. The third-order valence-corrected chi connectivity index (χ3v) is 4.47. The van der Waals surface area contributed by atoms with Crippen LogP contribution in [0, 0.1) is 0 Å². The number of benzene rings is 2. The molecule has 0 bridgehead atoms. The zero-order valence-electron chi connectivity index (χ0n) is 13.0. The Labute approximate surface area is 147 Å². The van der Waals surface area contributed by atoms with Gasteiger partial charge in [-0.1, -0.05) is 36.4 Å². The number of hydrogen-bond acceptors (Lipinski definition) is 6. The molecule has 3 N–H and O–H groups in total. The number of nitrogen functional groups attached to an aromatic ring is 1. The molecule has 0 radical (unpaired) electrons. The summed E-state index contributed by atoms with van der Waals surface area (Å²) in [6.45, 7) is 0. The molecule has 0 unspecified atom stereocenters. The van der Waals surface area contributed by atoms with E-state index in [4.69, 9.17) is 5.73 Å². The fraction of sp³-hybridized carbons (Fsp3) is 0. The highest BCUT2D eigenvalue weighted by Gasteiger charge is 2.14. The quantitative estimate of drug-likeness (QED) is 0.591. The molecule has 0 aliphatic carbocycles. The molecular weight excluding hydrogens is 334 g/mol. The first kappa shape index (κ1) is 15.2. The molecule has 4 rings (SSSR count). The van der Waals surface area contributed by atoms with Crippen molar-refractivity contribution in [2.45, 2.75) is 0 Å². The summed E-state index contributed by atoms with van der Waals surface area (Å²) in [5.41, 5.74) is 7.56. The maximum Gasteiger partial charge on any atom is 0.279 e. The van der Waals surface area contributed by atoms with Crippen LogP contribution in [0.3, 0.4) is 0 Å². The summed E-state index contributed by atoms with van der Waals surface area (Å²) in [4.78, 5) is 24.5.